The summed E-state index contributed by atoms with van der Waals surface area (Å²) in [5.74, 6) is -0.579. The predicted octanol–water partition coefficient (Wildman–Crippen LogP) is 2.38. The van der Waals surface area contributed by atoms with Crippen LogP contribution in [0, 0.1) is 5.92 Å². The van der Waals surface area contributed by atoms with Crippen LogP contribution in [0.15, 0.2) is 24.3 Å². The number of alkyl halides is 3. The Morgan fingerprint density at radius 3 is 2.50 bits per heavy atom. The van der Waals surface area contributed by atoms with E-state index in [1.807, 2.05) is 0 Å². The fourth-order valence-electron chi connectivity index (χ4n) is 1.62. The number of halogens is 4. The normalized spacial score (nSPS) is 12.4. The summed E-state index contributed by atoms with van der Waals surface area (Å²) >= 11 is 0. The van der Waals surface area contributed by atoms with E-state index in [0.717, 1.165) is 6.07 Å². The van der Waals surface area contributed by atoms with Gasteiger partial charge in [0.1, 0.15) is 0 Å². The van der Waals surface area contributed by atoms with Crippen LogP contribution in [-0.2, 0) is 17.4 Å². The lowest BCUT2D eigenvalue weighted by molar-refractivity contribution is -0.138. The molecule has 0 bridgehead atoms. The van der Waals surface area contributed by atoms with Gasteiger partial charge in [0.15, 0.2) is 0 Å². The molecule has 114 valence electrons. The van der Waals surface area contributed by atoms with Crippen molar-refractivity contribution < 1.29 is 18.0 Å². The molecule has 7 heteroatoms. The van der Waals surface area contributed by atoms with Crippen molar-refractivity contribution in [2.24, 2.45) is 11.7 Å². The van der Waals surface area contributed by atoms with Crippen molar-refractivity contribution in [1.82, 2.24) is 5.32 Å². The van der Waals surface area contributed by atoms with Gasteiger partial charge in [0.05, 0.1) is 5.56 Å². The molecular formula is C13H18ClF3N2O. The van der Waals surface area contributed by atoms with E-state index in [1.165, 1.54) is 12.1 Å². The fraction of sp³-hybridized carbons (Fsp3) is 0.462. The largest absolute Gasteiger partial charge is 0.416 e. The Labute approximate surface area is 122 Å². The van der Waals surface area contributed by atoms with Crippen LogP contribution in [0.4, 0.5) is 13.2 Å². The summed E-state index contributed by atoms with van der Waals surface area (Å²) in [4.78, 5) is 11.4. The summed E-state index contributed by atoms with van der Waals surface area (Å²) in [6.07, 6.45) is -4.23. The Hall–Kier alpha value is -1.27. The van der Waals surface area contributed by atoms with E-state index in [9.17, 15) is 18.0 Å². The first-order valence-electron chi connectivity index (χ1n) is 5.99. The molecule has 1 unspecified atom stereocenters. The van der Waals surface area contributed by atoms with Crippen LogP contribution in [0.2, 0.25) is 0 Å². The van der Waals surface area contributed by atoms with E-state index in [-0.39, 0.29) is 49.3 Å². The molecule has 0 saturated carbocycles. The monoisotopic (exact) mass is 310 g/mol. The first-order chi connectivity index (χ1) is 8.86. The van der Waals surface area contributed by atoms with E-state index in [4.69, 9.17) is 5.73 Å². The van der Waals surface area contributed by atoms with Crippen LogP contribution in [-0.4, -0.2) is 19.0 Å². The van der Waals surface area contributed by atoms with Crippen LogP contribution in [0.3, 0.4) is 0 Å². The molecule has 0 aliphatic carbocycles. The number of rotatable bonds is 5. The average Bonchev–Trinajstić information content (AvgIpc) is 2.37. The second-order valence-corrected chi connectivity index (χ2v) is 4.33. The van der Waals surface area contributed by atoms with Crippen molar-refractivity contribution in [3.05, 3.63) is 35.4 Å². The predicted molar refractivity (Wildman–Crippen MR) is 73.6 cm³/mol. The molecule has 20 heavy (non-hydrogen) atoms. The van der Waals surface area contributed by atoms with Crippen molar-refractivity contribution >= 4 is 18.3 Å². The minimum absolute atomic E-state index is 0. The minimum atomic E-state index is -4.37. The smallest absolute Gasteiger partial charge is 0.355 e. The van der Waals surface area contributed by atoms with Crippen molar-refractivity contribution in [3.63, 3.8) is 0 Å². The van der Waals surface area contributed by atoms with E-state index >= 15 is 0 Å². The molecule has 1 atom stereocenters. The van der Waals surface area contributed by atoms with Crippen LogP contribution >= 0.6 is 12.4 Å². The second kappa shape index (κ2) is 8.11. The highest BCUT2D eigenvalue weighted by atomic mass is 35.5. The molecule has 1 rings (SSSR count). The van der Waals surface area contributed by atoms with Gasteiger partial charge in [-0.3, -0.25) is 4.79 Å². The summed E-state index contributed by atoms with van der Waals surface area (Å²) in [6.45, 7) is 2.04. The first kappa shape index (κ1) is 18.7. The van der Waals surface area contributed by atoms with Gasteiger partial charge >= 0.3 is 6.18 Å². The molecule has 3 N–H and O–H groups in total. The summed E-state index contributed by atoms with van der Waals surface area (Å²) < 4.78 is 38.1. The van der Waals surface area contributed by atoms with E-state index in [2.05, 4.69) is 5.32 Å². The molecule has 0 saturated heterocycles. The van der Waals surface area contributed by atoms with Gasteiger partial charge < -0.3 is 11.1 Å². The molecule has 1 aromatic rings. The highest BCUT2D eigenvalue weighted by Crippen LogP contribution is 2.31. The van der Waals surface area contributed by atoms with Crippen LogP contribution in [0.25, 0.3) is 0 Å². The maximum Gasteiger partial charge on any atom is 0.416 e. The molecule has 0 radical (unpaired) electrons. The van der Waals surface area contributed by atoms with Crippen molar-refractivity contribution in [2.45, 2.75) is 19.5 Å². The summed E-state index contributed by atoms with van der Waals surface area (Å²) in [7, 11) is 0. The number of nitrogens with one attached hydrogen (secondary N) is 1. The van der Waals surface area contributed by atoms with Crippen molar-refractivity contribution in [2.75, 3.05) is 13.1 Å². The number of hydrogen-bond acceptors (Lipinski definition) is 2. The maximum absolute atomic E-state index is 12.7. The molecule has 0 spiro atoms. The zero-order valence-corrected chi connectivity index (χ0v) is 11.9. The summed E-state index contributed by atoms with van der Waals surface area (Å²) in [5.41, 5.74) is 4.85. The summed E-state index contributed by atoms with van der Waals surface area (Å²) in [6, 6.07) is 5.36. The van der Waals surface area contributed by atoms with Gasteiger partial charge in [-0.2, -0.15) is 13.2 Å². The third-order valence-corrected chi connectivity index (χ3v) is 2.82. The number of hydrogen-bond donors (Lipinski definition) is 2. The molecule has 0 aliphatic rings. The van der Waals surface area contributed by atoms with E-state index in [1.54, 1.807) is 13.0 Å². The Bertz CT molecular complexity index is 438. The molecule has 0 aliphatic heterocycles. The van der Waals surface area contributed by atoms with Gasteiger partial charge in [-0.25, -0.2) is 0 Å². The zero-order chi connectivity index (χ0) is 14.5. The van der Waals surface area contributed by atoms with Gasteiger partial charge in [0, 0.05) is 19.0 Å². The van der Waals surface area contributed by atoms with Gasteiger partial charge in [-0.15, -0.1) is 12.4 Å². The third kappa shape index (κ3) is 5.38. The van der Waals surface area contributed by atoms with Gasteiger partial charge in [0.2, 0.25) is 5.91 Å². The Morgan fingerprint density at radius 2 is 1.95 bits per heavy atom. The van der Waals surface area contributed by atoms with Gasteiger partial charge in [-0.1, -0.05) is 25.1 Å². The van der Waals surface area contributed by atoms with Crippen LogP contribution in [0.1, 0.15) is 18.1 Å². The Balaban J connectivity index is 0.00000361. The standard InChI is InChI=1S/C13H17F3N2O.ClH/c1-9(8-17)12(19)18-7-6-10-4-2-3-5-11(10)13(14,15)16;/h2-5,9H,6-8,17H2,1H3,(H,18,19);1H. The van der Waals surface area contributed by atoms with Crippen molar-refractivity contribution in [3.8, 4) is 0 Å². The number of amides is 1. The topological polar surface area (TPSA) is 55.1 Å². The quantitative estimate of drug-likeness (QED) is 0.877. The lowest BCUT2D eigenvalue weighted by Gasteiger charge is -2.14. The second-order valence-electron chi connectivity index (χ2n) is 4.33. The molecule has 0 fully saturated rings. The van der Waals surface area contributed by atoms with Crippen LogP contribution < -0.4 is 11.1 Å². The van der Waals surface area contributed by atoms with E-state index < -0.39 is 11.7 Å². The zero-order valence-electron chi connectivity index (χ0n) is 11.0. The number of carbonyl (C=O) groups is 1. The minimum Gasteiger partial charge on any atom is -0.355 e. The summed E-state index contributed by atoms with van der Waals surface area (Å²) in [5, 5.41) is 2.57. The van der Waals surface area contributed by atoms with Crippen molar-refractivity contribution in [1.29, 1.82) is 0 Å². The molecule has 0 aromatic heterocycles. The lowest BCUT2D eigenvalue weighted by Crippen LogP contribution is -2.34. The Kier molecular flexibility index (Phi) is 7.60. The first-order valence-corrected chi connectivity index (χ1v) is 5.99. The molecule has 3 nitrogen and oxygen atoms in total. The number of benzene rings is 1. The van der Waals surface area contributed by atoms with Gasteiger partial charge in [0.25, 0.3) is 0 Å². The maximum atomic E-state index is 12.7. The third-order valence-electron chi connectivity index (χ3n) is 2.82. The lowest BCUT2D eigenvalue weighted by atomic mass is 10.0. The number of carbonyl (C=O) groups excluding carboxylic acids is 1. The molecule has 1 amide bonds. The fourth-order valence-corrected chi connectivity index (χ4v) is 1.62. The highest BCUT2D eigenvalue weighted by molar-refractivity contribution is 5.85. The highest BCUT2D eigenvalue weighted by Gasteiger charge is 2.32. The van der Waals surface area contributed by atoms with E-state index in [0.29, 0.717) is 0 Å². The number of nitrogens with two attached hydrogens (primary N) is 1. The molecular weight excluding hydrogens is 293 g/mol. The SMILES string of the molecule is CC(CN)C(=O)NCCc1ccccc1C(F)(F)F.Cl. The molecule has 1 aromatic carbocycles. The Morgan fingerprint density at radius 1 is 1.35 bits per heavy atom. The van der Waals surface area contributed by atoms with Gasteiger partial charge in [-0.05, 0) is 18.1 Å². The van der Waals surface area contributed by atoms with Crippen LogP contribution in [0.5, 0.6) is 0 Å². The molecule has 0 heterocycles. The average molecular weight is 311 g/mol.